The number of rotatable bonds is 10. The van der Waals surface area contributed by atoms with E-state index in [1.165, 1.54) is 16.0 Å². The Morgan fingerprint density at radius 1 is 1.16 bits per heavy atom. The Morgan fingerprint density at radius 2 is 2.00 bits per heavy atom. The van der Waals surface area contributed by atoms with Gasteiger partial charge in [-0.1, -0.05) is 0 Å². The van der Waals surface area contributed by atoms with E-state index < -0.39 is 6.09 Å². The van der Waals surface area contributed by atoms with Crippen LogP contribution in [-0.4, -0.2) is 74.5 Å². The number of pyridine rings is 2. The number of hydrogen-bond acceptors (Lipinski definition) is 9. The molecule has 1 fully saturated rings. The van der Waals surface area contributed by atoms with E-state index in [1.807, 2.05) is 7.05 Å². The number of carbonyl (C=O) groups excluding carboxylic acids is 2. The molecule has 2 amide bonds. The highest BCUT2D eigenvalue weighted by molar-refractivity contribution is 5.95. The number of nitrogens with zero attached hydrogens (tertiary/aromatic N) is 3. The van der Waals surface area contributed by atoms with E-state index in [2.05, 4.69) is 34.8 Å². The fourth-order valence-corrected chi connectivity index (χ4v) is 5.14. The Hall–Kier alpha value is -3.44. The van der Waals surface area contributed by atoms with Crippen LogP contribution in [0.5, 0.6) is 11.6 Å². The van der Waals surface area contributed by atoms with Crippen molar-refractivity contribution < 1.29 is 23.8 Å². The van der Waals surface area contributed by atoms with Crippen molar-refractivity contribution in [3.63, 3.8) is 0 Å². The fourth-order valence-electron chi connectivity index (χ4n) is 5.14. The van der Waals surface area contributed by atoms with Crippen LogP contribution >= 0.6 is 0 Å². The summed E-state index contributed by atoms with van der Waals surface area (Å²) in [7, 11) is 1.91. The molecule has 3 aliphatic rings. The van der Waals surface area contributed by atoms with Crippen LogP contribution in [0.3, 0.4) is 0 Å². The van der Waals surface area contributed by atoms with Crippen molar-refractivity contribution in [2.45, 2.75) is 39.2 Å². The first-order chi connectivity index (χ1) is 17.9. The van der Waals surface area contributed by atoms with Gasteiger partial charge in [-0.25, -0.2) is 14.8 Å². The Morgan fingerprint density at radius 3 is 2.84 bits per heavy atom. The molecular formula is C26H34N6O5. The van der Waals surface area contributed by atoms with E-state index in [0.29, 0.717) is 42.9 Å². The highest BCUT2D eigenvalue weighted by atomic mass is 16.6. The minimum atomic E-state index is -0.432. The van der Waals surface area contributed by atoms with Crippen LogP contribution in [0.25, 0.3) is 0 Å². The highest BCUT2D eigenvalue weighted by Gasteiger charge is 2.34. The van der Waals surface area contributed by atoms with Crippen LogP contribution in [0.4, 0.5) is 16.4 Å². The molecule has 0 aromatic carbocycles. The molecule has 0 spiro atoms. The molecule has 0 bridgehead atoms. The summed E-state index contributed by atoms with van der Waals surface area (Å²) in [6, 6.07) is 3.40. The van der Waals surface area contributed by atoms with Gasteiger partial charge in [-0.2, -0.15) is 0 Å². The molecule has 2 aliphatic heterocycles. The second-order valence-electron chi connectivity index (χ2n) is 9.77. The number of amides is 2. The van der Waals surface area contributed by atoms with Gasteiger partial charge in [0.05, 0.1) is 6.54 Å². The fraction of sp³-hybridized carbons (Fsp3) is 0.538. The summed E-state index contributed by atoms with van der Waals surface area (Å²) in [6.45, 7) is 7.57. The van der Waals surface area contributed by atoms with E-state index in [-0.39, 0.29) is 18.6 Å². The molecule has 5 rings (SSSR count). The van der Waals surface area contributed by atoms with E-state index in [0.717, 1.165) is 49.6 Å². The van der Waals surface area contributed by atoms with Crippen molar-refractivity contribution in [1.29, 1.82) is 0 Å². The van der Waals surface area contributed by atoms with Gasteiger partial charge in [-0.05, 0) is 82.4 Å². The van der Waals surface area contributed by atoms with Crippen molar-refractivity contribution in [2.75, 3.05) is 56.7 Å². The molecule has 1 aliphatic carbocycles. The molecule has 2 unspecified atom stereocenters. The Bertz CT molecular complexity index is 1190. The number of hydrogen-bond donors (Lipinski definition) is 3. The lowest BCUT2D eigenvalue weighted by atomic mass is 10.0. The molecule has 0 radical (unpaired) electrons. The lowest BCUT2D eigenvalue weighted by Gasteiger charge is -2.19. The number of cyclic esters (lactones) is 1. The minimum Gasteiger partial charge on any atom is -0.480 e. The Balaban J connectivity index is 1.09. The van der Waals surface area contributed by atoms with Crippen molar-refractivity contribution >= 4 is 23.6 Å². The third kappa shape index (κ3) is 5.47. The number of anilines is 2. The number of aryl methyl sites for hydroxylation is 1. The zero-order valence-electron chi connectivity index (χ0n) is 21.6. The number of likely N-dealkylation sites (N-methyl/N-ethyl adjacent to an activating group) is 1. The minimum absolute atomic E-state index is 0.0374. The monoisotopic (exact) mass is 510 g/mol. The molecule has 11 heteroatoms. The third-order valence-electron chi connectivity index (χ3n) is 7.11. The van der Waals surface area contributed by atoms with Crippen LogP contribution in [0.2, 0.25) is 0 Å². The molecule has 198 valence electrons. The number of fused-ring (bicyclic) bond motifs is 2. The summed E-state index contributed by atoms with van der Waals surface area (Å²) in [4.78, 5) is 34.6. The smallest absolute Gasteiger partial charge is 0.415 e. The molecule has 2 aromatic heterocycles. The number of aromatic nitrogens is 2. The van der Waals surface area contributed by atoms with Crippen molar-refractivity contribution in [3.05, 3.63) is 34.5 Å². The van der Waals surface area contributed by atoms with Gasteiger partial charge in [0.1, 0.15) is 18.5 Å². The van der Waals surface area contributed by atoms with Gasteiger partial charge in [-0.3, -0.25) is 9.69 Å². The first-order valence-electron chi connectivity index (χ1n) is 12.8. The predicted octanol–water partition coefficient (Wildman–Crippen LogP) is 1.74. The average molecular weight is 511 g/mol. The van der Waals surface area contributed by atoms with Gasteiger partial charge in [0.15, 0.2) is 18.2 Å². The van der Waals surface area contributed by atoms with Gasteiger partial charge in [0.25, 0.3) is 5.91 Å². The topological polar surface area (TPSA) is 127 Å². The third-order valence-corrected chi connectivity index (χ3v) is 7.11. The normalized spacial score (nSPS) is 20.2. The van der Waals surface area contributed by atoms with Crippen molar-refractivity contribution in [1.82, 2.24) is 20.6 Å². The molecule has 4 heterocycles. The maximum absolute atomic E-state index is 12.5. The SMILES string of the molecule is CNCCOc1nc(C)c2c(c1C)CC(CNCCC1CN(c3ccc4c(n3)NC(=O)CO4)C(=O)O1)C2. The average Bonchev–Trinajstić information content (AvgIpc) is 3.48. The summed E-state index contributed by atoms with van der Waals surface area (Å²) < 4.78 is 16.8. The van der Waals surface area contributed by atoms with E-state index in [4.69, 9.17) is 19.2 Å². The van der Waals surface area contributed by atoms with Crippen molar-refractivity contribution in [2.24, 2.45) is 5.92 Å². The molecule has 1 saturated heterocycles. The predicted molar refractivity (Wildman–Crippen MR) is 137 cm³/mol. The van der Waals surface area contributed by atoms with Gasteiger partial charge >= 0.3 is 6.09 Å². The Labute approximate surface area is 216 Å². The molecular weight excluding hydrogens is 476 g/mol. The molecule has 3 N–H and O–H groups in total. The largest absolute Gasteiger partial charge is 0.480 e. The van der Waals surface area contributed by atoms with Gasteiger partial charge in [-0.15, -0.1) is 0 Å². The summed E-state index contributed by atoms with van der Waals surface area (Å²) >= 11 is 0. The second kappa shape index (κ2) is 10.9. The summed E-state index contributed by atoms with van der Waals surface area (Å²) in [5.74, 6) is 2.22. The Kier molecular flexibility index (Phi) is 7.43. The van der Waals surface area contributed by atoms with Gasteiger partial charge < -0.3 is 30.2 Å². The lowest BCUT2D eigenvalue weighted by Crippen LogP contribution is -2.30. The van der Waals surface area contributed by atoms with Crippen LogP contribution in [0.15, 0.2) is 12.1 Å². The molecule has 0 saturated carbocycles. The van der Waals surface area contributed by atoms with Crippen LogP contribution in [-0.2, 0) is 22.4 Å². The molecule has 37 heavy (non-hydrogen) atoms. The first-order valence-corrected chi connectivity index (χ1v) is 12.8. The molecule has 2 atom stereocenters. The summed E-state index contributed by atoms with van der Waals surface area (Å²) in [5, 5.41) is 9.31. The lowest BCUT2D eigenvalue weighted by molar-refractivity contribution is -0.118. The standard InChI is InChI=1S/C26H34N6O5/c1-15-19-10-17(11-20(19)16(2)29-25(15)35-9-8-27-3)12-28-7-6-18-13-32(26(34)37-18)22-5-4-21-24(30-22)31-23(33)14-36-21/h4-5,17-18,27-28H,6-14H2,1-3H3,(H,30,31,33). The van der Waals surface area contributed by atoms with Crippen LogP contribution < -0.4 is 30.3 Å². The number of ether oxygens (including phenoxy) is 3. The quantitative estimate of drug-likeness (QED) is 0.410. The second-order valence-corrected chi connectivity index (χ2v) is 9.77. The van der Waals surface area contributed by atoms with Crippen LogP contribution in [0, 0.1) is 19.8 Å². The molecule has 2 aromatic rings. The maximum atomic E-state index is 12.5. The highest BCUT2D eigenvalue weighted by Crippen LogP contribution is 2.35. The van der Waals surface area contributed by atoms with E-state index in [9.17, 15) is 9.59 Å². The van der Waals surface area contributed by atoms with Gasteiger partial charge in [0, 0.05) is 17.8 Å². The number of carbonyl (C=O) groups is 2. The summed E-state index contributed by atoms with van der Waals surface area (Å²) in [6.07, 6.45) is 2.06. The number of nitrogens with one attached hydrogen (secondary N) is 3. The van der Waals surface area contributed by atoms with Gasteiger partial charge in [0.2, 0.25) is 5.88 Å². The van der Waals surface area contributed by atoms with E-state index in [1.54, 1.807) is 12.1 Å². The zero-order chi connectivity index (χ0) is 25.9. The van der Waals surface area contributed by atoms with Crippen LogP contribution in [0.1, 0.15) is 28.8 Å². The maximum Gasteiger partial charge on any atom is 0.415 e. The van der Waals surface area contributed by atoms with Crippen molar-refractivity contribution in [3.8, 4) is 11.6 Å². The summed E-state index contributed by atoms with van der Waals surface area (Å²) in [5.41, 5.74) is 4.93. The molecule has 11 nitrogen and oxygen atoms in total. The zero-order valence-corrected chi connectivity index (χ0v) is 21.6. The first kappa shape index (κ1) is 25.2. The van der Waals surface area contributed by atoms with E-state index >= 15 is 0 Å².